The van der Waals surface area contributed by atoms with Crippen LogP contribution < -0.4 is 0 Å². The molecular weight excluding hydrogens is 220 g/mol. The van der Waals surface area contributed by atoms with Crippen molar-refractivity contribution in [1.82, 2.24) is 0 Å². The summed E-state index contributed by atoms with van der Waals surface area (Å²) in [6.07, 6.45) is 0. The third-order valence-corrected chi connectivity index (χ3v) is 1.96. The first-order chi connectivity index (χ1) is 5.77. The fourth-order valence-electron chi connectivity index (χ4n) is 0.740. The highest BCUT2D eigenvalue weighted by molar-refractivity contribution is 9.18. The van der Waals surface area contributed by atoms with Crippen molar-refractivity contribution in [2.24, 2.45) is 5.16 Å². The summed E-state index contributed by atoms with van der Waals surface area (Å²) < 4.78 is 0.354. The van der Waals surface area contributed by atoms with Gasteiger partial charge in [0.1, 0.15) is 0 Å². The van der Waals surface area contributed by atoms with E-state index in [9.17, 15) is 0 Å². The minimum Gasteiger partial charge on any atom is -0.410 e. The van der Waals surface area contributed by atoms with Crippen molar-refractivity contribution >= 4 is 20.6 Å². The summed E-state index contributed by atoms with van der Waals surface area (Å²) in [4.78, 5) is 0. The fourth-order valence-corrected chi connectivity index (χ4v) is 1.00. The van der Waals surface area contributed by atoms with Gasteiger partial charge < -0.3 is 5.21 Å². The Morgan fingerprint density at radius 1 is 1.42 bits per heavy atom. The molecule has 0 heterocycles. The van der Waals surface area contributed by atoms with Crippen molar-refractivity contribution in [3.63, 3.8) is 0 Å². The Kier molecular flexibility index (Phi) is 2.83. The van der Waals surface area contributed by atoms with Gasteiger partial charge in [0, 0.05) is 5.56 Å². The van der Waals surface area contributed by atoms with E-state index in [2.05, 4.69) is 21.1 Å². The maximum atomic E-state index is 8.48. The maximum absolute atomic E-state index is 8.48. The van der Waals surface area contributed by atoms with Gasteiger partial charge >= 0.3 is 0 Å². The molecule has 0 unspecified atom stereocenters. The highest BCUT2D eigenvalue weighted by Gasteiger charge is 1.98. The molecule has 60 valence electrons. The molecule has 1 aromatic carbocycles. The summed E-state index contributed by atoms with van der Waals surface area (Å²) >= 11 is 3.05. The first-order valence-electron chi connectivity index (χ1n) is 3.16. The molecule has 0 saturated carbocycles. The Hall–Kier alpha value is -1.34. The zero-order chi connectivity index (χ0) is 8.97. The summed E-state index contributed by atoms with van der Waals surface area (Å²) in [5.74, 6) is 0. The number of oxime groups is 1. The zero-order valence-corrected chi connectivity index (χ0v) is 7.62. The lowest BCUT2D eigenvalue weighted by Gasteiger charge is -1.94. The lowest BCUT2D eigenvalue weighted by atomic mass is 10.2. The quantitative estimate of drug-likeness (QED) is 0.452. The number of hydrogen-bond acceptors (Lipinski definition) is 3. The Balaban J connectivity index is 3.02. The van der Waals surface area contributed by atoms with Crippen molar-refractivity contribution in [2.45, 2.75) is 0 Å². The van der Waals surface area contributed by atoms with Crippen LogP contribution in [0.25, 0.3) is 0 Å². The minimum atomic E-state index is 0.354. The molecule has 1 N–H and O–H groups in total. The van der Waals surface area contributed by atoms with Crippen LogP contribution in [0.4, 0.5) is 0 Å². The van der Waals surface area contributed by atoms with Crippen molar-refractivity contribution in [2.75, 3.05) is 0 Å². The summed E-state index contributed by atoms with van der Waals surface area (Å²) in [6.45, 7) is 0. The number of hydrogen-bond donors (Lipinski definition) is 1. The molecule has 0 aliphatic rings. The Morgan fingerprint density at radius 3 is 2.42 bits per heavy atom. The van der Waals surface area contributed by atoms with Crippen molar-refractivity contribution in [3.05, 3.63) is 35.4 Å². The second kappa shape index (κ2) is 3.88. The van der Waals surface area contributed by atoms with Gasteiger partial charge in [-0.05, 0) is 28.1 Å². The van der Waals surface area contributed by atoms with Crippen LogP contribution in [-0.2, 0) is 0 Å². The lowest BCUT2D eigenvalue weighted by Crippen LogP contribution is -1.89. The predicted octanol–water partition coefficient (Wildman–Crippen LogP) is 2.09. The monoisotopic (exact) mass is 224 g/mol. The fraction of sp³-hybridized carbons (Fsp3) is 0. The molecule has 0 radical (unpaired) electrons. The van der Waals surface area contributed by atoms with Gasteiger partial charge in [-0.3, -0.25) is 0 Å². The van der Waals surface area contributed by atoms with Crippen LogP contribution >= 0.6 is 15.9 Å². The Morgan fingerprint density at radius 2 is 2.00 bits per heavy atom. The van der Waals surface area contributed by atoms with Gasteiger partial charge in [-0.15, -0.1) is 0 Å². The summed E-state index contributed by atoms with van der Waals surface area (Å²) in [5.41, 5.74) is 1.31. The van der Waals surface area contributed by atoms with Gasteiger partial charge in [0.05, 0.1) is 11.6 Å². The molecule has 4 heteroatoms. The van der Waals surface area contributed by atoms with E-state index >= 15 is 0 Å². The molecule has 0 bridgehead atoms. The third-order valence-electron chi connectivity index (χ3n) is 1.34. The lowest BCUT2D eigenvalue weighted by molar-refractivity contribution is 0.321. The molecule has 0 spiro atoms. The largest absolute Gasteiger partial charge is 0.410 e. The number of nitriles is 1. The van der Waals surface area contributed by atoms with Crippen LogP contribution in [0.2, 0.25) is 0 Å². The first kappa shape index (κ1) is 8.75. The van der Waals surface area contributed by atoms with Crippen LogP contribution in [0.15, 0.2) is 29.4 Å². The van der Waals surface area contributed by atoms with Crippen molar-refractivity contribution in [1.29, 1.82) is 5.26 Å². The molecule has 0 amide bonds. The highest BCUT2D eigenvalue weighted by Crippen LogP contribution is 2.08. The van der Waals surface area contributed by atoms with Gasteiger partial charge in [0.25, 0.3) is 0 Å². The summed E-state index contributed by atoms with van der Waals surface area (Å²) in [6, 6.07) is 8.70. The molecule has 1 rings (SSSR count). The van der Waals surface area contributed by atoms with E-state index in [1.807, 2.05) is 6.07 Å². The molecule has 0 saturated heterocycles. The number of benzene rings is 1. The molecule has 0 atom stereocenters. The minimum absolute atomic E-state index is 0.354. The topological polar surface area (TPSA) is 56.4 Å². The van der Waals surface area contributed by atoms with Crippen molar-refractivity contribution < 1.29 is 5.21 Å². The summed E-state index contributed by atoms with van der Waals surface area (Å²) in [7, 11) is 0. The van der Waals surface area contributed by atoms with E-state index in [1.165, 1.54) is 0 Å². The van der Waals surface area contributed by atoms with Crippen LogP contribution in [0.3, 0.4) is 0 Å². The molecule has 12 heavy (non-hydrogen) atoms. The van der Waals surface area contributed by atoms with E-state index in [1.54, 1.807) is 24.3 Å². The second-order valence-corrected chi connectivity index (χ2v) is 2.83. The smallest absolute Gasteiger partial charge is 0.152 e. The average molecular weight is 225 g/mol. The molecule has 0 fully saturated rings. The number of halogens is 1. The van der Waals surface area contributed by atoms with Gasteiger partial charge in [-0.25, -0.2) is 0 Å². The average Bonchev–Trinajstić information content (AvgIpc) is 2.17. The predicted molar refractivity (Wildman–Crippen MR) is 48.4 cm³/mol. The van der Waals surface area contributed by atoms with Gasteiger partial charge in [0.2, 0.25) is 0 Å². The Labute approximate surface area is 78.1 Å². The van der Waals surface area contributed by atoms with E-state index in [0.29, 0.717) is 10.2 Å². The Bertz CT molecular complexity index is 337. The van der Waals surface area contributed by atoms with Crippen LogP contribution in [0, 0.1) is 11.3 Å². The third kappa shape index (κ3) is 1.83. The second-order valence-electron chi connectivity index (χ2n) is 2.08. The zero-order valence-electron chi connectivity index (χ0n) is 6.03. The van der Waals surface area contributed by atoms with Crippen molar-refractivity contribution in [3.8, 4) is 6.07 Å². The number of nitrogens with zero attached hydrogens (tertiary/aromatic N) is 2. The normalized spacial score (nSPS) is 10.8. The first-order valence-corrected chi connectivity index (χ1v) is 3.95. The van der Waals surface area contributed by atoms with Crippen LogP contribution in [-0.4, -0.2) is 9.83 Å². The SMILES string of the molecule is N#Cc1ccc(/C(Br)=N/O)cc1. The maximum Gasteiger partial charge on any atom is 0.152 e. The standard InChI is InChI=1S/C8H5BrN2O/c9-8(11-12)7-3-1-6(5-10)2-4-7/h1-4,12H/b11-8-. The van der Waals surface area contributed by atoms with E-state index in [-0.39, 0.29) is 0 Å². The van der Waals surface area contributed by atoms with Gasteiger partial charge in [-0.1, -0.05) is 17.3 Å². The molecule has 1 aromatic rings. The molecule has 0 aliphatic carbocycles. The molecular formula is C8H5BrN2O. The van der Waals surface area contributed by atoms with Gasteiger partial charge in [-0.2, -0.15) is 5.26 Å². The number of rotatable bonds is 1. The summed E-state index contributed by atoms with van der Waals surface area (Å²) in [5, 5.41) is 19.8. The van der Waals surface area contributed by atoms with Gasteiger partial charge in [0.15, 0.2) is 4.62 Å². The van der Waals surface area contributed by atoms with E-state index in [4.69, 9.17) is 10.5 Å². The van der Waals surface area contributed by atoms with E-state index < -0.39 is 0 Å². The van der Waals surface area contributed by atoms with Crippen LogP contribution in [0.1, 0.15) is 11.1 Å². The molecule has 0 aliphatic heterocycles. The van der Waals surface area contributed by atoms with Crippen LogP contribution in [0.5, 0.6) is 0 Å². The highest BCUT2D eigenvalue weighted by atomic mass is 79.9. The molecule has 0 aromatic heterocycles. The van der Waals surface area contributed by atoms with E-state index in [0.717, 1.165) is 5.56 Å². The molecule has 3 nitrogen and oxygen atoms in total.